The van der Waals surface area contributed by atoms with Gasteiger partial charge in [-0.1, -0.05) is 31.2 Å². The molecule has 8 heteroatoms. The average molecular weight is 514 g/mol. The van der Waals surface area contributed by atoms with Gasteiger partial charge in [0, 0.05) is 44.7 Å². The molecule has 2 aliphatic rings. The normalized spacial score (nSPS) is 18.7. The van der Waals surface area contributed by atoms with E-state index in [4.69, 9.17) is 4.74 Å². The van der Waals surface area contributed by atoms with Gasteiger partial charge in [0.1, 0.15) is 5.75 Å². The van der Waals surface area contributed by atoms with Crippen molar-refractivity contribution in [1.82, 2.24) is 14.1 Å². The van der Waals surface area contributed by atoms with Crippen LogP contribution in [-0.4, -0.2) is 80.6 Å². The highest BCUT2D eigenvalue weighted by Crippen LogP contribution is 2.26. The smallest absolute Gasteiger partial charge is 0.253 e. The maximum absolute atomic E-state index is 13.3. The number of hydrogen-bond donors (Lipinski definition) is 0. The second-order valence-electron chi connectivity index (χ2n) is 9.96. The molecule has 0 aromatic heterocycles. The van der Waals surface area contributed by atoms with Crippen molar-refractivity contribution in [2.24, 2.45) is 0 Å². The van der Waals surface area contributed by atoms with Gasteiger partial charge in [-0.25, -0.2) is 8.42 Å². The molecule has 1 fully saturated rings. The lowest BCUT2D eigenvalue weighted by molar-refractivity contribution is 0.0698. The molecule has 1 amide bonds. The first-order valence-corrected chi connectivity index (χ1v) is 15.0. The zero-order valence-electron chi connectivity index (χ0n) is 21.6. The summed E-state index contributed by atoms with van der Waals surface area (Å²) in [7, 11) is -3.23. The molecule has 4 rings (SSSR count). The minimum atomic E-state index is -3.23. The standard InChI is InChI=1S/C28H39N3O4S/c1-3-12-29-13-5-4-6-18-35-27-11-10-25(21-26(27)20-23-8-7-9-24(19-23)22-29)28(32)30-14-16-31(17-15-30)36(2,33)34/h7-11,19,21H,3-6,12-18,20,22H2,1-2H3. The third-order valence-electron chi connectivity index (χ3n) is 7.01. The fourth-order valence-electron chi connectivity index (χ4n) is 5.10. The van der Waals surface area contributed by atoms with Crippen LogP contribution < -0.4 is 4.74 Å². The van der Waals surface area contributed by atoms with Gasteiger partial charge in [0.15, 0.2) is 0 Å². The molecule has 36 heavy (non-hydrogen) atoms. The van der Waals surface area contributed by atoms with Gasteiger partial charge >= 0.3 is 0 Å². The summed E-state index contributed by atoms with van der Waals surface area (Å²) in [5, 5.41) is 0. The van der Waals surface area contributed by atoms with Gasteiger partial charge in [0.2, 0.25) is 10.0 Å². The average Bonchev–Trinajstić information content (AvgIpc) is 2.86. The molecular weight excluding hydrogens is 474 g/mol. The second-order valence-corrected chi connectivity index (χ2v) is 11.9. The Morgan fingerprint density at radius 2 is 1.72 bits per heavy atom. The van der Waals surface area contributed by atoms with Gasteiger partial charge in [-0.2, -0.15) is 4.31 Å². The highest BCUT2D eigenvalue weighted by molar-refractivity contribution is 7.88. The summed E-state index contributed by atoms with van der Waals surface area (Å²) >= 11 is 0. The first-order valence-electron chi connectivity index (χ1n) is 13.1. The Bertz CT molecular complexity index is 1140. The summed E-state index contributed by atoms with van der Waals surface area (Å²) in [6.45, 7) is 7.54. The Labute approximate surface area is 216 Å². The lowest BCUT2D eigenvalue weighted by atomic mass is 9.99. The highest BCUT2D eigenvalue weighted by atomic mass is 32.2. The van der Waals surface area contributed by atoms with Gasteiger partial charge in [-0.3, -0.25) is 9.69 Å². The number of rotatable bonds is 4. The zero-order valence-corrected chi connectivity index (χ0v) is 22.4. The third kappa shape index (κ3) is 7.08. The van der Waals surface area contributed by atoms with Crippen molar-refractivity contribution in [3.63, 3.8) is 0 Å². The van der Waals surface area contributed by atoms with Crippen molar-refractivity contribution < 1.29 is 17.9 Å². The van der Waals surface area contributed by atoms with Crippen LogP contribution in [0.25, 0.3) is 0 Å². The molecule has 0 N–H and O–H groups in total. The summed E-state index contributed by atoms with van der Waals surface area (Å²) < 4.78 is 31.3. The number of hydrogen-bond acceptors (Lipinski definition) is 5. The molecule has 2 aromatic rings. The number of piperazine rings is 1. The van der Waals surface area contributed by atoms with Crippen molar-refractivity contribution in [2.75, 3.05) is 52.1 Å². The molecule has 1 saturated heterocycles. The van der Waals surface area contributed by atoms with Crippen molar-refractivity contribution >= 4 is 15.9 Å². The Hall–Kier alpha value is -2.42. The zero-order chi connectivity index (χ0) is 25.5. The van der Waals surface area contributed by atoms with Crippen molar-refractivity contribution in [3.05, 3.63) is 64.7 Å². The van der Waals surface area contributed by atoms with Gasteiger partial charge in [0.25, 0.3) is 5.91 Å². The number of carbonyl (C=O) groups excluding carboxylic acids is 1. The van der Waals surface area contributed by atoms with Crippen LogP contribution in [0.4, 0.5) is 0 Å². The monoisotopic (exact) mass is 513 g/mol. The number of carbonyl (C=O) groups is 1. The lowest BCUT2D eigenvalue weighted by Gasteiger charge is -2.33. The van der Waals surface area contributed by atoms with Crippen molar-refractivity contribution in [1.29, 1.82) is 0 Å². The molecule has 2 heterocycles. The van der Waals surface area contributed by atoms with E-state index < -0.39 is 10.0 Å². The molecule has 7 nitrogen and oxygen atoms in total. The van der Waals surface area contributed by atoms with E-state index in [0.29, 0.717) is 44.8 Å². The van der Waals surface area contributed by atoms with E-state index in [9.17, 15) is 13.2 Å². The van der Waals surface area contributed by atoms with Crippen LogP contribution in [0.3, 0.4) is 0 Å². The molecule has 2 bridgehead atoms. The van der Waals surface area contributed by atoms with Crippen molar-refractivity contribution in [3.8, 4) is 5.75 Å². The van der Waals surface area contributed by atoms with Gasteiger partial charge < -0.3 is 9.64 Å². The maximum atomic E-state index is 13.3. The number of sulfonamides is 1. The largest absolute Gasteiger partial charge is 0.493 e. The number of amides is 1. The number of fused-ring (bicyclic) bond motifs is 3. The topological polar surface area (TPSA) is 70.2 Å². The van der Waals surface area contributed by atoms with Crippen LogP contribution >= 0.6 is 0 Å². The second kappa shape index (κ2) is 12.2. The predicted molar refractivity (Wildman–Crippen MR) is 143 cm³/mol. The Balaban J connectivity index is 1.55. The first kappa shape index (κ1) is 26.6. The van der Waals surface area contributed by atoms with E-state index in [-0.39, 0.29) is 5.91 Å². The van der Waals surface area contributed by atoms with Crippen LogP contribution in [0.1, 0.15) is 59.7 Å². The Morgan fingerprint density at radius 1 is 0.944 bits per heavy atom. The molecule has 0 atom stereocenters. The van der Waals surface area contributed by atoms with Gasteiger partial charge in [-0.15, -0.1) is 0 Å². The van der Waals surface area contributed by atoms with Gasteiger partial charge in [-0.05, 0) is 73.7 Å². The number of nitrogens with zero attached hydrogens (tertiary/aromatic N) is 3. The Morgan fingerprint density at radius 3 is 2.47 bits per heavy atom. The SMILES string of the molecule is CCCN1CCCCCOc2ccc(C(=O)N3CCN(S(C)(=O)=O)CC3)cc2Cc2cccc(c2)C1. The van der Waals surface area contributed by atoms with Crippen molar-refractivity contribution in [2.45, 2.75) is 45.6 Å². The Kier molecular flexibility index (Phi) is 9.04. The van der Waals surface area contributed by atoms with Crippen LogP contribution in [0.15, 0.2) is 42.5 Å². The predicted octanol–water partition coefficient (Wildman–Crippen LogP) is 3.77. The van der Waals surface area contributed by atoms with E-state index in [0.717, 1.165) is 56.6 Å². The molecule has 2 aliphatic heterocycles. The minimum Gasteiger partial charge on any atom is -0.493 e. The van der Waals surface area contributed by atoms with Crippen LogP contribution in [-0.2, 0) is 23.0 Å². The van der Waals surface area contributed by atoms with Crippen LogP contribution in [0.2, 0.25) is 0 Å². The highest BCUT2D eigenvalue weighted by Gasteiger charge is 2.27. The molecule has 0 unspecified atom stereocenters. The van der Waals surface area contributed by atoms with Gasteiger partial charge in [0.05, 0.1) is 12.9 Å². The van der Waals surface area contributed by atoms with E-state index in [2.05, 4.69) is 36.1 Å². The van der Waals surface area contributed by atoms with E-state index in [1.165, 1.54) is 21.7 Å². The molecule has 2 aromatic carbocycles. The van der Waals surface area contributed by atoms with E-state index in [1.54, 1.807) is 4.90 Å². The molecule has 0 aliphatic carbocycles. The minimum absolute atomic E-state index is 0.0608. The summed E-state index contributed by atoms with van der Waals surface area (Å²) in [5.74, 6) is 0.776. The van der Waals surface area contributed by atoms with E-state index >= 15 is 0 Å². The number of benzene rings is 2. The molecular formula is C28H39N3O4S. The molecule has 0 spiro atoms. The maximum Gasteiger partial charge on any atom is 0.253 e. The van der Waals surface area contributed by atoms with Crippen LogP contribution in [0.5, 0.6) is 5.75 Å². The third-order valence-corrected chi connectivity index (χ3v) is 8.31. The molecule has 196 valence electrons. The lowest BCUT2D eigenvalue weighted by Crippen LogP contribution is -2.50. The molecule has 0 saturated carbocycles. The van der Waals surface area contributed by atoms with Crippen LogP contribution in [0, 0.1) is 0 Å². The summed E-state index contributed by atoms with van der Waals surface area (Å²) in [6, 6.07) is 14.5. The van der Waals surface area contributed by atoms with E-state index in [1.807, 2.05) is 18.2 Å². The molecule has 0 radical (unpaired) electrons. The summed E-state index contributed by atoms with van der Waals surface area (Å²) in [4.78, 5) is 17.6. The fourth-order valence-corrected chi connectivity index (χ4v) is 5.92. The summed E-state index contributed by atoms with van der Waals surface area (Å²) in [6.07, 6.45) is 6.36. The summed E-state index contributed by atoms with van der Waals surface area (Å²) in [5.41, 5.74) is 4.15. The quantitative estimate of drug-likeness (QED) is 0.623. The number of ether oxygens (including phenoxy) is 1. The fraction of sp³-hybridized carbons (Fsp3) is 0.536. The first-order chi connectivity index (χ1) is 17.3.